The van der Waals surface area contributed by atoms with Crippen LogP contribution in [0.2, 0.25) is 0 Å². The van der Waals surface area contributed by atoms with Gasteiger partial charge in [-0.2, -0.15) is 0 Å². The molecule has 1 aromatic heterocycles. The molecule has 1 amide bonds. The maximum Gasteiger partial charge on any atom is 0.224 e. The molecule has 0 fully saturated rings. The van der Waals surface area contributed by atoms with Crippen LogP contribution >= 0.6 is 0 Å². The number of fused-ring (bicyclic) bond motifs is 1. The molecule has 0 aliphatic heterocycles. The lowest BCUT2D eigenvalue weighted by Gasteiger charge is -2.15. The Kier molecular flexibility index (Phi) is 4.47. The second-order valence-corrected chi connectivity index (χ2v) is 5.96. The van der Waals surface area contributed by atoms with Crippen molar-refractivity contribution < 1.29 is 4.79 Å². The summed E-state index contributed by atoms with van der Waals surface area (Å²) in [5.74, 6) is 0.0444. The number of rotatable bonds is 5. The maximum atomic E-state index is 12.3. The zero-order valence-electron chi connectivity index (χ0n) is 13.6. The molecule has 0 aliphatic rings. The first-order valence-electron chi connectivity index (χ1n) is 8.10. The largest absolute Gasteiger partial charge is 0.361 e. The van der Waals surface area contributed by atoms with Crippen LogP contribution in [0.1, 0.15) is 36.6 Å². The summed E-state index contributed by atoms with van der Waals surface area (Å²) in [5.41, 5.74) is 4.53. The molecule has 1 atom stereocenters. The quantitative estimate of drug-likeness (QED) is 0.731. The van der Waals surface area contributed by atoms with E-state index in [0.29, 0.717) is 6.42 Å². The summed E-state index contributed by atoms with van der Waals surface area (Å²) >= 11 is 0. The lowest BCUT2D eigenvalue weighted by atomic mass is 10.0. The van der Waals surface area contributed by atoms with E-state index in [-0.39, 0.29) is 11.9 Å². The Morgan fingerprint density at radius 3 is 2.57 bits per heavy atom. The highest BCUT2D eigenvalue weighted by Crippen LogP contribution is 2.16. The Morgan fingerprint density at radius 2 is 1.83 bits per heavy atom. The fourth-order valence-corrected chi connectivity index (χ4v) is 2.81. The number of aromatic amines is 1. The summed E-state index contributed by atoms with van der Waals surface area (Å²) in [5, 5.41) is 4.24. The molecule has 3 rings (SSSR count). The predicted molar refractivity (Wildman–Crippen MR) is 94.4 cm³/mol. The topological polar surface area (TPSA) is 44.9 Å². The van der Waals surface area contributed by atoms with Crippen LogP contribution in [0.5, 0.6) is 0 Å². The van der Waals surface area contributed by atoms with E-state index in [4.69, 9.17) is 0 Å². The molecule has 2 N–H and O–H groups in total. The highest BCUT2D eigenvalue weighted by molar-refractivity contribution is 5.83. The molecule has 3 aromatic rings. The van der Waals surface area contributed by atoms with Crippen LogP contribution in [-0.4, -0.2) is 10.9 Å². The van der Waals surface area contributed by atoms with Gasteiger partial charge in [0.2, 0.25) is 5.91 Å². The SMILES string of the molecule is CCc1ccc(C(C)NC(=O)Cc2ccc3cc[nH]c3c2)cc1. The summed E-state index contributed by atoms with van der Waals surface area (Å²) in [6.07, 6.45) is 3.34. The molecule has 0 radical (unpaired) electrons. The third-order valence-corrected chi connectivity index (χ3v) is 4.25. The molecule has 1 unspecified atom stereocenters. The molecule has 0 bridgehead atoms. The van der Waals surface area contributed by atoms with Crippen LogP contribution in [0.4, 0.5) is 0 Å². The van der Waals surface area contributed by atoms with Crippen molar-refractivity contribution in [3.8, 4) is 0 Å². The van der Waals surface area contributed by atoms with Gasteiger partial charge in [0.25, 0.3) is 0 Å². The van der Waals surface area contributed by atoms with Crippen LogP contribution in [0.25, 0.3) is 10.9 Å². The van der Waals surface area contributed by atoms with Crippen LogP contribution in [-0.2, 0) is 17.6 Å². The van der Waals surface area contributed by atoms with Crippen LogP contribution in [0.15, 0.2) is 54.7 Å². The fraction of sp³-hybridized carbons (Fsp3) is 0.250. The number of benzene rings is 2. The summed E-state index contributed by atoms with van der Waals surface area (Å²) in [4.78, 5) is 15.5. The van der Waals surface area contributed by atoms with Crippen molar-refractivity contribution in [2.45, 2.75) is 32.7 Å². The monoisotopic (exact) mass is 306 g/mol. The van der Waals surface area contributed by atoms with Crippen LogP contribution < -0.4 is 5.32 Å². The molecule has 3 heteroatoms. The number of carbonyl (C=O) groups is 1. The molecule has 0 saturated carbocycles. The number of aryl methyl sites for hydroxylation is 1. The first-order chi connectivity index (χ1) is 11.2. The molecular weight excluding hydrogens is 284 g/mol. The van der Waals surface area contributed by atoms with Gasteiger partial charge in [0.15, 0.2) is 0 Å². The molecule has 23 heavy (non-hydrogen) atoms. The van der Waals surface area contributed by atoms with Crippen molar-refractivity contribution in [1.82, 2.24) is 10.3 Å². The molecular formula is C20H22N2O. The fourth-order valence-electron chi connectivity index (χ4n) is 2.81. The van der Waals surface area contributed by atoms with Gasteiger partial charge in [0.1, 0.15) is 0 Å². The number of aromatic nitrogens is 1. The molecule has 1 heterocycles. The Hall–Kier alpha value is -2.55. The van der Waals surface area contributed by atoms with Gasteiger partial charge in [-0.25, -0.2) is 0 Å². The van der Waals surface area contributed by atoms with E-state index >= 15 is 0 Å². The predicted octanol–water partition coefficient (Wildman–Crippen LogP) is 4.15. The van der Waals surface area contributed by atoms with Crippen molar-refractivity contribution >= 4 is 16.8 Å². The minimum absolute atomic E-state index is 0.0163. The highest BCUT2D eigenvalue weighted by atomic mass is 16.1. The number of H-pyrrole nitrogens is 1. The third kappa shape index (κ3) is 3.62. The van der Waals surface area contributed by atoms with E-state index in [1.807, 2.05) is 37.4 Å². The lowest BCUT2D eigenvalue weighted by Crippen LogP contribution is -2.28. The second-order valence-electron chi connectivity index (χ2n) is 5.96. The Balaban J connectivity index is 1.63. The first kappa shape index (κ1) is 15.3. The lowest BCUT2D eigenvalue weighted by molar-refractivity contribution is -0.121. The first-order valence-corrected chi connectivity index (χ1v) is 8.10. The van der Waals surface area contributed by atoms with Crippen molar-refractivity contribution in [3.63, 3.8) is 0 Å². The summed E-state index contributed by atoms with van der Waals surface area (Å²) < 4.78 is 0. The standard InChI is InChI=1S/C20H22N2O/c1-3-15-4-7-17(8-5-15)14(2)22-20(23)13-16-6-9-18-10-11-21-19(18)12-16/h4-12,14,21H,3,13H2,1-2H3,(H,22,23). The van der Waals surface area contributed by atoms with E-state index in [9.17, 15) is 4.79 Å². The second kappa shape index (κ2) is 6.69. The molecule has 2 aromatic carbocycles. The van der Waals surface area contributed by atoms with Crippen LogP contribution in [0, 0.1) is 0 Å². The van der Waals surface area contributed by atoms with Gasteiger partial charge < -0.3 is 10.3 Å². The van der Waals surface area contributed by atoms with E-state index < -0.39 is 0 Å². The minimum Gasteiger partial charge on any atom is -0.361 e. The zero-order valence-corrected chi connectivity index (χ0v) is 13.6. The summed E-state index contributed by atoms with van der Waals surface area (Å²) in [6.45, 7) is 4.16. The van der Waals surface area contributed by atoms with Gasteiger partial charge in [-0.05, 0) is 47.6 Å². The van der Waals surface area contributed by atoms with E-state index in [1.54, 1.807) is 0 Å². The highest BCUT2D eigenvalue weighted by Gasteiger charge is 2.10. The third-order valence-electron chi connectivity index (χ3n) is 4.25. The van der Waals surface area contributed by atoms with Crippen molar-refractivity contribution in [3.05, 3.63) is 71.4 Å². The average Bonchev–Trinajstić information content (AvgIpc) is 3.02. The molecule has 0 saturated heterocycles. The van der Waals surface area contributed by atoms with Gasteiger partial charge in [-0.3, -0.25) is 4.79 Å². The van der Waals surface area contributed by atoms with Crippen LogP contribution in [0.3, 0.4) is 0 Å². The molecule has 0 aliphatic carbocycles. The number of nitrogens with one attached hydrogen (secondary N) is 2. The van der Waals surface area contributed by atoms with Crippen molar-refractivity contribution in [1.29, 1.82) is 0 Å². The summed E-state index contributed by atoms with van der Waals surface area (Å²) in [7, 11) is 0. The Bertz CT molecular complexity index is 802. The Labute approximate surface area is 136 Å². The smallest absolute Gasteiger partial charge is 0.224 e. The van der Waals surface area contributed by atoms with Crippen molar-refractivity contribution in [2.75, 3.05) is 0 Å². The molecule has 118 valence electrons. The zero-order chi connectivity index (χ0) is 16.2. The number of hydrogen-bond acceptors (Lipinski definition) is 1. The average molecular weight is 306 g/mol. The van der Waals surface area contributed by atoms with E-state index in [2.05, 4.69) is 41.5 Å². The Morgan fingerprint density at radius 1 is 1.09 bits per heavy atom. The van der Waals surface area contributed by atoms with E-state index in [1.165, 1.54) is 10.9 Å². The van der Waals surface area contributed by atoms with E-state index in [0.717, 1.165) is 23.1 Å². The normalized spacial score (nSPS) is 12.3. The maximum absolute atomic E-state index is 12.3. The minimum atomic E-state index is 0.0163. The van der Waals surface area contributed by atoms with Gasteiger partial charge in [-0.1, -0.05) is 43.3 Å². The van der Waals surface area contributed by atoms with Gasteiger partial charge in [0.05, 0.1) is 12.5 Å². The number of carbonyl (C=O) groups excluding carboxylic acids is 1. The number of hydrogen-bond donors (Lipinski definition) is 2. The number of amides is 1. The van der Waals surface area contributed by atoms with Gasteiger partial charge in [-0.15, -0.1) is 0 Å². The van der Waals surface area contributed by atoms with Gasteiger partial charge >= 0.3 is 0 Å². The molecule has 0 spiro atoms. The summed E-state index contributed by atoms with van der Waals surface area (Å²) in [6, 6.07) is 16.6. The van der Waals surface area contributed by atoms with Gasteiger partial charge in [0, 0.05) is 11.7 Å². The molecule has 3 nitrogen and oxygen atoms in total. The van der Waals surface area contributed by atoms with Crippen molar-refractivity contribution in [2.24, 2.45) is 0 Å².